The molecular formula is C34H42F4O2. The van der Waals surface area contributed by atoms with Gasteiger partial charge in [0.25, 0.3) is 0 Å². The van der Waals surface area contributed by atoms with Crippen LogP contribution in [0.3, 0.4) is 0 Å². The van der Waals surface area contributed by atoms with Crippen LogP contribution >= 0.6 is 0 Å². The number of alkyl halides is 2. The molecule has 0 unspecified atom stereocenters. The molecule has 0 aliphatic heterocycles. The highest BCUT2D eigenvalue weighted by molar-refractivity contribution is 5.39. The predicted octanol–water partition coefficient (Wildman–Crippen LogP) is 11.3. The van der Waals surface area contributed by atoms with E-state index in [-0.39, 0.29) is 11.5 Å². The summed E-state index contributed by atoms with van der Waals surface area (Å²) in [4.78, 5) is 0. The summed E-state index contributed by atoms with van der Waals surface area (Å²) in [6.45, 7) is 4.35. The maximum atomic E-state index is 15.2. The van der Waals surface area contributed by atoms with Gasteiger partial charge in [-0.25, -0.2) is 8.78 Å². The average Bonchev–Trinajstić information content (AvgIpc) is 2.93. The third kappa shape index (κ3) is 9.87. The number of ether oxygens (including phenoxy) is 2. The van der Waals surface area contributed by atoms with E-state index in [2.05, 4.69) is 13.8 Å². The smallest absolute Gasteiger partial charge is 0.432 e. The Morgan fingerprint density at radius 2 is 1.05 bits per heavy atom. The molecule has 3 aromatic carbocycles. The van der Waals surface area contributed by atoms with Crippen LogP contribution in [0, 0.1) is 11.6 Å². The number of unbranched alkanes of at least 4 members (excludes halogenated alkanes) is 9. The van der Waals surface area contributed by atoms with Crippen LogP contribution in [0.1, 0.15) is 101 Å². The summed E-state index contributed by atoms with van der Waals surface area (Å²) in [6, 6.07) is 15.0. The van der Waals surface area contributed by atoms with Crippen LogP contribution in [0.25, 0.3) is 0 Å². The van der Waals surface area contributed by atoms with Crippen molar-refractivity contribution in [3.63, 3.8) is 0 Å². The first-order valence-electron chi connectivity index (χ1n) is 14.7. The highest BCUT2D eigenvalue weighted by Gasteiger charge is 2.42. The minimum Gasteiger partial charge on any atom is -0.454 e. The van der Waals surface area contributed by atoms with Gasteiger partial charge in [-0.05, 0) is 73.2 Å². The van der Waals surface area contributed by atoms with Gasteiger partial charge in [0.2, 0.25) is 0 Å². The highest BCUT2D eigenvalue weighted by atomic mass is 19.3. The Bertz CT molecular complexity index is 1140. The SMILES string of the molecule is CCCCCCCCc1ccc(OC(F)(F)c2c(F)ccc(Oc3ccc(CCCCCCC)cc3)c2F)cc1. The zero-order valence-electron chi connectivity index (χ0n) is 23.8. The molecule has 0 aliphatic carbocycles. The molecule has 0 aromatic heterocycles. The minimum atomic E-state index is -4.24. The second kappa shape index (κ2) is 16.3. The first-order chi connectivity index (χ1) is 19.3. The average molecular weight is 559 g/mol. The Morgan fingerprint density at radius 3 is 1.57 bits per heavy atom. The fourth-order valence-electron chi connectivity index (χ4n) is 4.70. The second-order valence-corrected chi connectivity index (χ2v) is 10.4. The molecule has 0 aliphatic rings. The maximum absolute atomic E-state index is 15.2. The van der Waals surface area contributed by atoms with E-state index >= 15 is 13.2 Å². The standard InChI is InChI=1S/C34H42F4O2/c1-3-5-7-9-11-13-15-27-18-22-29(23-19-27)40-34(37,38)32-30(35)24-25-31(33(32)36)39-28-20-16-26(17-21-28)14-12-10-8-6-4-2/h16-25H,3-15H2,1-2H3. The summed E-state index contributed by atoms with van der Waals surface area (Å²) >= 11 is 0. The number of aryl methyl sites for hydroxylation is 2. The lowest BCUT2D eigenvalue weighted by molar-refractivity contribution is -0.189. The summed E-state index contributed by atoms with van der Waals surface area (Å²) in [7, 11) is 0. The van der Waals surface area contributed by atoms with Crippen LogP contribution in [-0.4, -0.2) is 0 Å². The molecule has 0 atom stereocenters. The molecule has 0 radical (unpaired) electrons. The lowest BCUT2D eigenvalue weighted by atomic mass is 10.0. The van der Waals surface area contributed by atoms with Gasteiger partial charge in [0.15, 0.2) is 11.6 Å². The molecule has 0 spiro atoms. The Kier molecular flexibility index (Phi) is 12.8. The van der Waals surface area contributed by atoms with Gasteiger partial charge in [-0.3, -0.25) is 0 Å². The quantitative estimate of drug-likeness (QED) is 0.114. The van der Waals surface area contributed by atoms with E-state index in [9.17, 15) is 4.39 Å². The van der Waals surface area contributed by atoms with Crippen LogP contribution in [0.15, 0.2) is 60.7 Å². The number of benzene rings is 3. The molecule has 0 bridgehead atoms. The van der Waals surface area contributed by atoms with E-state index in [1.54, 1.807) is 24.3 Å². The summed E-state index contributed by atoms with van der Waals surface area (Å²) in [5.74, 6) is -3.30. The third-order valence-corrected chi connectivity index (χ3v) is 7.06. The van der Waals surface area contributed by atoms with Gasteiger partial charge >= 0.3 is 6.11 Å². The molecule has 0 saturated heterocycles. The van der Waals surface area contributed by atoms with Crippen molar-refractivity contribution in [1.82, 2.24) is 0 Å². The van der Waals surface area contributed by atoms with Crippen LogP contribution in [-0.2, 0) is 19.0 Å². The molecule has 6 heteroatoms. The predicted molar refractivity (Wildman–Crippen MR) is 153 cm³/mol. The van der Waals surface area contributed by atoms with E-state index in [4.69, 9.17) is 9.47 Å². The lowest BCUT2D eigenvalue weighted by Crippen LogP contribution is -2.25. The molecule has 0 N–H and O–H groups in total. The molecule has 218 valence electrons. The molecule has 0 saturated carbocycles. The van der Waals surface area contributed by atoms with Crippen molar-refractivity contribution in [1.29, 1.82) is 0 Å². The fraction of sp³-hybridized carbons (Fsp3) is 0.471. The summed E-state index contributed by atoms with van der Waals surface area (Å²) in [5, 5.41) is 0. The molecule has 0 fully saturated rings. The van der Waals surface area contributed by atoms with Gasteiger partial charge in [0.1, 0.15) is 22.9 Å². The van der Waals surface area contributed by atoms with Crippen molar-refractivity contribution in [3.8, 4) is 17.2 Å². The molecule has 0 heterocycles. The minimum absolute atomic E-state index is 0.174. The Hall–Kier alpha value is -3.02. The van der Waals surface area contributed by atoms with E-state index < -0.39 is 29.1 Å². The number of hydrogen-bond donors (Lipinski definition) is 0. The number of halogens is 4. The monoisotopic (exact) mass is 558 g/mol. The fourth-order valence-corrected chi connectivity index (χ4v) is 4.70. The van der Waals surface area contributed by atoms with Gasteiger partial charge in [-0.1, -0.05) is 95.9 Å². The van der Waals surface area contributed by atoms with E-state index in [1.165, 1.54) is 57.1 Å². The Labute approximate surface area is 236 Å². The molecule has 2 nitrogen and oxygen atoms in total. The van der Waals surface area contributed by atoms with Crippen molar-refractivity contribution < 1.29 is 27.0 Å². The molecule has 3 aromatic rings. The molecule has 3 rings (SSSR count). The van der Waals surface area contributed by atoms with Crippen LogP contribution in [0.5, 0.6) is 17.2 Å². The van der Waals surface area contributed by atoms with Crippen molar-refractivity contribution in [3.05, 3.63) is 89.0 Å². The molecule has 40 heavy (non-hydrogen) atoms. The van der Waals surface area contributed by atoms with Crippen molar-refractivity contribution in [2.75, 3.05) is 0 Å². The first kappa shape index (κ1) is 31.5. The van der Waals surface area contributed by atoms with Crippen molar-refractivity contribution in [2.45, 2.75) is 103 Å². The van der Waals surface area contributed by atoms with Gasteiger partial charge in [0, 0.05) is 0 Å². The Morgan fingerprint density at radius 1 is 0.575 bits per heavy atom. The summed E-state index contributed by atoms with van der Waals surface area (Å²) in [5.41, 5.74) is 0.633. The maximum Gasteiger partial charge on any atom is 0.432 e. The molecular weight excluding hydrogens is 516 g/mol. The van der Waals surface area contributed by atoms with Gasteiger partial charge < -0.3 is 9.47 Å². The van der Waals surface area contributed by atoms with Crippen LogP contribution in [0.2, 0.25) is 0 Å². The normalized spacial score (nSPS) is 11.6. The zero-order chi connectivity index (χ0) is 28.8. The van der Waals surface area contributed by atoms with E-state index in [0.717, 1.165) is 61.8 Å². The number of rotatable bonds is 18. The largest absolute Gasteiger partial charge is 0.454 e. The van der Waals surface area contributed by atoms with E-state index in [0.29, 0.717) is 0 Å². The lowest BCUT2D eigenvalue weighted by Gasteiger charge is -2.20. The Balaban J connectivity index is 1.60. The first-order valence-corrected chi connectivity index (χ1v) is 14.7. The van der Waals surface area contributed by atoms with Crippen LogP contribution < -0.4 is 9.47 Å². The van der Waals surface area contributed by atoms with Gasteiger partial charge in [0.05, 0.1) is 0 Å². The molecule has 0 amide bonds. The van der Waals surface area contributed by atoms with Crippen molar-refractivity contribution >= 4 is 0 Å². The summed E-state index contributed by atoms with van der Waals surface area (Å²) < 4.78 is 70.0. The second-order valence-electron chi connectivity index (χ2n) is 10.4. The summed E-state index contributed by atoms with van der Waals surface area (Å²) in [6.07, 6.45) is 10.4. The van der Waals surface area contributed by atoms with Gasteiger partial charge in [-0.2, -0.15) is 8.78 Å². The highest BCUT2D eigenvalue weighted by Crippen LogP contribution is 2.39. The number of hydrogen-bond acceptors (Lipinski definition) is 2. The van der Waals surface area contributed by atoms with Crippen LogP contribution in [0.4, 0.5) is 17.6 Å². The topological polar surface area (TPSA) is 18.5 Å². The third-order valence-electron chi connectivity index (χ3n) is 7.06. The van der Waals surface area contributed by atoms with Gasteiger partial charge in [-0.15, -0.1) is 0 Å². The van der Waals surface area contributed by atoms with E-state index in [1.807, 2.05) is 12.1 Å². The van der Waals surface area contributed by atoms with Crippen molar-refractivity contribution in [2.24, 2.45) is 0 Å². The zero-order valence-corrected chi connectivity index (χ0v) is 23.8.